The minimum absolute atomic E-state index is 0.00539. The van der Waals surface area contributed by atoms with E-state index in [9.17, 15) is 24.6 Å². The summed E-state index contributed by atoms with van der Waals surface area (Å²) < 4.78 is 11.9. The number of hydrogen-bond acceptors (Lipinski definition) is 9. The highest BCUT2D eigenvalue weighted by atomic mass is 16.6. The van der Waals surface area contributed by atoms with Gasteiger partial charge in [0.1, 0.15) is 11.9 Å². The molecule has 5 unspecified atom stereocenters. The predicted octanol–water partition coefficient (Wildman–Crippen LogP) is -1.47. The standard InChI is InChI=1S/C20H22N6O7/c1-32-10-4-2-9(3-5-10)6-11(21)17(28)25-12-14(27)19(33-15(12)20(30)31)26-8-24-13-16(26)22-7-23-18(13)29/h2-5,7-8,11-12,14-15,19,27H,6,21H2,1H3,(H,25,28)(H,30,31)(H,22,23,29). The molecule has 3 aromatic rings. The van der Waals surface area contributed by atoms with Crippen LogP contribution in [0.25, 0.3) is 11.2 Å². The molecule has 6 N–H and O–H groups in total. The van der Waals surface area contributed by atoms with Crippen LogP contribution >= 0.6 is 0 Å². The molecule has 0 saturated carbocycles. The minimum Gasteiger partial charge on any atom is -0.497 e. The molecule has 0 radical (unpaired) electrons. The van der Waals surface area contributed by atoms with E-state index in [1.54, 1.807) is 24.3 Å². The highest BCUT2D eigenvalue weighted by Gasteiger charge is 2.49. The fraction of sp³-hybridized carbons (Fsp3) is 0.350. The number of methoxy groups -OCH3 is 1. The summed E-state index contributed by atoms with van der Waals surface area (Å²) in [6.07, 6.45) is -1.77. The number of carbonyl (C=O) groups is 2. The summed E-state index contributed by atoms with van der Waals surface area (Å²) >= 11 is 0. The Morgan fingerprint density at radius 1 is 1.33 bits per heavy atom. The minimum atomic E-state index is -1.57. The average Bonchev–Trinajstić information content (AvgIpc) is 3.36. The zero-order chi connectivity index (χ0) is 23.7. The molecule has 2 aromatic heterocycles. The number of benzene rings is 1. The summed E-state index contributed by atoms with van der Waals surface area (Å²) in [7, 11) is 1.54. The number of nitrogens with zero attached hydrogens (tertiary/aromatic N) is 3. The average molecular weight is 458 g/mol. The lowest BCUT2D eigenvalue weighted by molar-refractivity contribution is -0.152. The molecule has 3 heterocycles. The molecule has 0 bridgehead atoms. The Balaban J connectivity index is 1.51. The third-order valence-electron chi connectivity index (χ3n) is 5.42. The number of aromatic amines is 1. The van der Waals surface area contributed by atoms with E-state index < -0.39 is 48.0 Å². The second kappa shape index (κ2) is 8.97. The molecule has 13 nitrogen and oxygen atoms in total. The van der Waals surface area contributed by atoms with Gasteiger partial charge >= 0.3 is 5.97 Å². The SMILES string of the molecule is COc1ccc(CC(N)C(=O)NC2C(C(=O)O)OC(n3cnc4c(=O)[nH]cnc43)C2O)cc1. The molecule has 4 rings (SSSR count). The van der Waals surface area contributed by atoms with Crippen LogP contribution in [-0.2, 0) is 20.7 Å². The van der Waals surface area contributed by atoms with E-state index in [4.69, 9.17) is 15.2 Å². The number of carboxylic acid groups (broad SMARTS) is 1. The van der Waals surface area contributed by atoms with Crippen molar-refractivity contribution in [3.05, 3.63) is 52.8 Å². The van der Waals surface area contributed by atoms with Crippen molar-refractivity contribution in [2.45, 2.75) is 36.9 Å². The van der Waals surface area contributed by atoms with Crippen LogP contribution in [0.3, 0.4) is 0 Å². The number of rotatable bonds is 7. The zero-order valence-corrected chi connectivity index (χ0v) is 17.4. The first kappa shape index (κ1) is 22.4. The highest BCUT2D eigenvalue weighted by molar-refractivity contribution is 5.83. The molecular weight excluding hydrogens is 436 g/mol. The summed E-state index contributed by atoms with van der Waals surface area (Å²) in [5, 5.41) is 22.9. The van der Waals surface area contributed by atoms with Crippen LogP contribution in [0, 0.1) is 0 Å². The van der Waals surface area contributed by atoms with Crippen LogP contribution in [0.2, 0.25) is 0 Å². The first-order chi connectivity index (χ1) is 15.8. The Morgan fingerprint density at radius 2 is 2.06 bits per heavy atom. The van der Waals surface area contributed by atoms with Gasteiger partial charge in [-0.1, -0.05) is 12.1 Å². The summed E-state index contributed by atoms with van der Waals surface area (Å²) in [5.74, 6) is -1.39. The lowest BCUT2D eigenvalue weighted by Gasteiger charge is -2.22. The van der Waals surface area contributed by atoms with Gasteiger partial charge in [-0.25, -0.2) is 14.8 Å². The smallest absolute Gasteiger partial charge is 0.335 e. The van der Waals surface area contributed by atoms with E-state index in [0.717, 1.165) is 11.9 Å². The Kier molecular flexibility index (Phi) is 6.09. The highest BCUT2D eigenvalue weighted by Crippen LogP contribution is 2.31. The van der Waals surface area contributed by atoms with Crippen molar-refractivity contribution in [1.29, 1.82) is 0 Å². The van der Waals surface area contributed by atoms with E-state index >= 15 is 0 Å². The van der Waals surface area contributed by atoms with Crippen molar-refractivity contribution in [3.63, 3.8) is 0 Å². The lowest BCUT2D eigenvalue weighted by Crippen LogP contribution is -2.54. The summed E-state index contributed by atoms with van der Waals surface area (Å²) in [6, 6.07) is 4.67. The van der Waals surface area contributed by atoms with Gasteiger partial charge in [0.15, 0.2) is 23.5 Å². The number of aliphatic carboxylic acids is 1. The maximum Gasteiger partial charge on any atom is 0.335 e. The molecule has 1 fully saturated rings. The van der Waals surface area contributed by atoms with Crippen LogP contribution in [0.15, 0.2) is 41.7 Å². The number of carboxylic acids is 1. The number of nitrogens with two attached hydrogens (primary N) is 1. The Labute approximate surface area is 186 Å². The molecular formula is C20H22N6O7. The number of nitrogens with one attached hydrogen (secondary N) is 2. The third-order valence-corrected chi connectivity index (χ3v) is 5.42. The Hall–Kier alpha value is -3.81. The lowest BCUT2D eigenvalue weighted by atomic mass is 10.0. The van der Waals surface area contributed by atoms with Crippen LogP contribution < -0.4 is 21.3 Å². The number of H-pyrrole nitrogens is 1. The van der Waals surface area contributed by atoms with E-state index in [2.05, 4.69) is 20.3 Å². The molecule has 1 aromatic carbocycles. The van der Waals surface area contributed by atoms with E-state index in [1.165, 1.54) is 18.0 Å². The molecule has 174 valence electrons. The number of fused-ring (bicyclic) bond motifs is 1. The zero-order valence-electron chi connectivity index (χ0n) is 17.4. The van der Waals surface area contributed by atoms with Gasteiger partial charge in [0.2, 0.25) is 5.91 Å². The first-order valence-corrected chi connectivity index (χ1v) is 9.95. The van der Waals surface area contributed by atoms with Crippen molar-refractivity contribution in [2.75, 3.05) is 7.11 Å². The van der Waals surface area contributed by atoms with E-state index in [1.807, 2.05) is 0 Å². The third kappa shape index (κ3) is 4.28. The summed E-state index contributed by atoms with van der Waals surface area (Å²) in [6.45, 7) is 0. The topological polar surface area (TPSA) is 195 Å². The summed E-state index contributed by atoms with van der Waals surface area (Å²) in [5.41, 5.74) is 6.37. The quantitative estimate of drug-likeness (QED) is 0.279. The van der Waals surface area contributed by atoms with Crippen molar-refractivity contribution < 1.29 is 29.3 Å². The van der Waals surface area contributed by atoms with Crippen LogP contribution in [0.4, 0.5) is 0 Å². The number of aliphatic hydroxyl groups is 1. The van der Waals surface area contributed by atoms with Crippen LogP contribution in [0.5, 0.6) is 5.75 Å². The fourth-order valence-electron chi connectivity index (χ4n) is 3.70. The van der Waals surface area contributed by atoms with Gasteiger partial charge in [0, 0.05) is 0 Å². The molecule has 0 aliphatic carbocycles. The van der Waals surface area contributed by atoms with Crippen LogP contribution in [0.1, 0.15) is 11.8 Å². The number of aromatic nitrogens is 4. The number of ether oxygens (including phenoxy) is 2. The van der Waals surface area contributed by atoms with E-state index in [-0.39, 0.29) is 17.6 Å². The molecule has 1 aliphatic rings. The van der Waals surface area contributed by atoms with Crippen molar-refractivity contribution >= 4 is 23.0 Å². The molecule has 13 heteroatoms. The molecule has 33 heavy (non-hydrogen) atoms. The second-order valence-corrected chi connectivity index (χ2v) is 7.52. The normalized spacial score (nSPS) is 23.4. The number of aliphatic hydroxyl groups excluding tert-OH is 1. The molecule has 5 atom stereocenters. The van der Waals surface area contributed by atoms with Gasteiger partial charge in [-0.3, -0.25) is 14.2 Å². The number of amides is 1. The van der Waals surface area contributed by atoms with Gasteiger partial charge in [-0.15, -0.1) is 0 Å². The second-order valence-electron chi connectivity index (χ2n) is 7.52. The van der Waals surface area contributed by atoms with Gasteiger partial charge in [0.05, 0.1) is 31.8 Å². The molecule has 1 aliphatic heterocycles. The van der Waals surface area contributed by atoms with Crippen molar-refractivity contribution in [3.8, 4) is 5.75 Å². The fourth-order valence-corrected chi connectivity index (χ4v) is 3.70. The van der Waals surface area contributed by atoms with Crippen molar-refractivity contribution in [1.82, 2.24) is 24.8 Å². The van der Waals surface area contributed by atoms with Crippen molar-refractivity contribution in [2.24, 2.45) is 5.73 Å². The first-order valence-electron chi connectivity index (χ1n) is 9.95. The van der Waals surface area contributed by atoms with Gasteiger partial charge < -0.3 is 35.7 Å². The van der Waals surface area contributed by atoms with E-state index in [0.29, 0.717) is 5.75 Å². The maximum absolute atomic E-state index is 12.7. The Morgan fingerprint density at radius 3 is 2.73 bits per heavy atom. The van der Waals surface area contributed by atoms with Gasteiger partial charge in [0.25, 0.3) is 5.56 Å². The Bertz CT molecular complexity index is 1220. The molecule has 1 amide bonds. The summed E-state index contributed by atoms with van der Waals surface area (Å²) in [4.78, 5) is 46.7. The van der Waals surface area contributed by atoms with Crippen LogP contribution in [-0.4, -0.2) is 73.0 Å². The largest absolute Gasteiger partial charge is 0.497 e. The molecule has 0 spiro atoms. The predicted molar refractivity (Wildman–Crippen MR) is 112 cm³/mol. The number of carbonyl (C=O) groups excluding carboxylic acids is 1. The van der Waals surface area contributed by atoms with Gasteiger partial charge in [-0.2, -0.15) is 0 Å². The number of imidazole rings is 1. The molecule has 1 saturated heterocycles. The monoisotopic (exact) mass is 458 g/mol. The maximum atomic E-state index is 12.7. The number of hydrogen-bond donors (Lipinski definition) is 5. The van der Waals surface area contributed by atoms with Gasteiger partial charge in [-0.05, 0) is 24.1 Å².